The normalized spacial score (nSPS) is 10.3. The molecule has 0 aliphatic heterocycles. The summed E-state index contributed by atoms with van der Waals surface area (Å²) in [5, 5.41) is 2.79. The predicted octanol–water partition coefficient (Wildman–Crippen LogP) is 4.64. The second-order valence-corrected chi connectivity index (χ2v) is 5.31. The van der Waals surface area contributed by atoms with Crippen LogP contribution in [0.2, 0.25) is 5.02 Å². The van der Waals surface area contributed by atoms with Gasteiger partial charge in [0, 0.05) is 5.02 Å². The van der Waals surface area contributed by atoms with Crippen molar-refractivity contribution in [1.29, 1.82) is 0 Å². The molecule has 0 saturated heterocycles. The topological polar surface area (TPSA) is 38.3 Å². The van der Waals surface area contributed by atoms with Crippen molar-refractivity contribution in [1.82, 2.24) is 0 Å². The molecule has 0 fully saturated rings. The Kier molecular flexibility index (Phi) is 4.80. The minimum Gasteiger partial charge on any atom is -0.493 e. The first-order valence-electron chi connectivity index (χ1n) is 5.72. The molecule has 0 saturated carbocycles. The van der Waals surface area contributed by atoms with E-state index in [9.17, 15) is 13.6 Å². The molecule has 0 unspecified atom stereocenters. The third-order valence-electron chi connectivity index (χ3n) is 2.66. The number of amides is 1. The third-order valence-corrected chi connectivity index (χ3v) is 3.46. The van der Waals surface area contributed by atoms with Crippen LogP contribution in [0.3, 0.4) is 0 Å². The summed E-state index contributed by atoms with van der Waals surface area (Å²) in [5.41, 5.74) is -0.168. The van der Waals surface area contributed by atoms with Gasteiger partial charge >= 0.3 is 0 Å². The van der Waals surface area contributed by atoms with Crippen LogP contribution in [0, 0.1) is 11.6 Å². The Hall–Kier alpha value is -1.66. The average molecular weight is 377 g/mol. The fourth-order valence-corrected chi connectivity index (χ4v) is 2.70. The molecule has 21 heavy (non-hydrogen) atoms. The van der Waals surface area contributed by atoms with E-state index in [1.807, 2.05) is 0 Å². The van der Waals surface area contributed by atoms with Gasteiger partial charge in [0.1, 0.15) is 0 Å². The summed E-state index contributed by atoms with van der Waals surface area (Å²) in [6.45, 7) is 0. The van der Waals surface area contributed by atoms with Gasteiger partial charge in [0.15, 0.2) is 17.4 Å². The van der Waals surface area contributed by atoms with Gasteiger partial charge in [0.25, 0.3) is 5.91 Å². The van der Waals surface area contributed by atoms with E-state index < -0.39 is 23.1 Å². The van der Waals surface area contributed by atoms with Crippen LogP contribution in [0.1, 0.15) is 10.4 Å². The highest BCUT2D eigenvalue weighted by Gasteiger charge is 2.18. The summed E-state index contributed by atoms with van der Waals surface area (Å²) in [5.74, 6) is -2.79. The quantitative estimate of drug-likeness (QED) is 0.847. The summed E-state index contributed by atoms with van der Waals surface area (Å²) in [7, 11) is 1.41. The molecule has 7 heteroatoms. The van der Waals surface area contributed by atoms with Crippen LogP contribution in [0.25, 0.3) is 0 Å². The monoisotopic (exact) mass is 375 g/mol. The number of hydrogen-bond acceptors (Lipinski definition) is 2. The smallest absolute Gasteiger partial charge is 0.258 e. The third kappa shape index (κ3) is 3.33. The lowest BCUT2D eigenvalue weighted by molar-refractivity contribution is 0.102. The number of rotatable bonds is 3. The number of carbonyl (C=O) groups is 1. The lowest BCUT2D eigenvalue weighted by Crippen LogP contribution is -2.15. The second kappa shape index (κ2) is 6.41. The fourth-order valence-electron chi connectivity index (χ4n) is 1.73. The van der Waals surface area contributed by atoms with Crippen molar-refractivity contribution in [3.05, 3.63) is 57.0 Å². The molecular weight excluding hydrogens is 368 g/mol. The van der Waals surface area contributed by atoms with Crippen molar-refractivity contribution >= 4 is 39.1 Å². The molecule has 2 rings (SSSR count). The molecule has 0 aliphatic carbocycles. The number of halogens is 4. The van der Waals surface area contributed by atoms with Gasteiger partial charge in [-0.2, -0.15) is 0 Å². The van der Waals surface area contributed by atoms with Crippen LogP contribution in [0.15, 0.2) is 34.8 Å². The maximum atomic E-state index is 13.6. The van der Waals surface area contributed by atoms with Gasteiger partial charge in [-0.1, -0.05) is 17.7 Å². The lowest BCUT2D eigenvalue weighted by atomic mass is 10.2. The zero-order chi connectivity index (χ0) is 15.6. The second-order valence-electron chi connectivity index (χ2n) is 4.02. The lowest BCUT2D eigenvalue weighted by Gasteiger charge is -2.12. The standard InChI is InChI=1S/C14H9BrClF2NO2/c1-21-13-9(15)5-7(16)6-11(13)19-14(20)8-3-2-4-10(17)12(8)18/h2-6H,1H3,(H,19,20). The molecule has 2 aromatic carbocycles. The number of hydrogen-bond donors (Lipinski definition) is 1. The minimum absolute atomic E-state index is 0.241. The number of methoxy groups -OCH3 is 1. The summed E-state index contributed by atoms with van der Waals surface area (Å²) < 4.78 is 32.4. The average Bonchev–Trinajstić information content (AvgIpc) is 2.41. The van der Waals surface area contributed by atoms with Gasteiger partial charge in [-0.25, -0.2) is 8.78 Å². The first-order chi connectivity index (χ1) is 9.93. The Morgan fingerprint density at radius 3 is 2.71 bits per heavy atom. The molecule has 0 heterocycles. The number of anilines is 1. The van der Waals surface area contributed by atoms with E-state index in [0.29, 0.717) is 15.2 Å². The molecule has 0 aliphatic rings. The van der Waals surface area contributed by atoms with Crippen LogP contribution in [0.5, 0.6) is 5.75 Å². The molecule has 0 radical (unpaired) electrons. The van der Waals surface area contributed by atoms with Crippen molar-refractivity contribution in [3.8, 4) is 5.75 Å². The summed E-state index contributed by atoms with van der Waals surface area (Å²) >= 11 is 9.13. The largest absolute Gasteiger partial charge is 0.493 e. The Balaban J connectivity index is 2.38. The van der Waals surface area contributed by atoms with Gasteiger partial charge < -0.3 is 10.1 Å². The van der Waals surface area contributed by atoms with E-state index in [1.54, 1.807) is 6.07 Å². The summed E-state index contributed by atoms with van der Waals surface area (Å²) in [6, 6.07) is 6.39. The molecule has 110 valence electrons. The Morgan fingerprint density at radius 1 is 1.33 bits per heavy atom. The Labute approximate surface area is 133 Å². The van der Waals surface area contributed by atoms with Gasteiger partial charge in [-0.15, -0.1) is 0 Å². The number of benzene rings is 2. The molecule has 0 aromatic heterocycles. The first kappa shape index (κ1) is 15.7. The van der Waals surface area contributed by atoms with E-state index >= 15 is 0 Å². The van der Waals surface area contributed by atoms with Crippen LogP contribution in [-0.4, -0.2) is 13.0 Å². The number of ether oxygens (including phenoxy) is 1. The van der Waals surface area contributed by atoms with Crippen LogP contribution in [0.4, 0.5) is 14.5 Å². The van der Waals surface area contributed by atoms with Gasteiger partial charge in [-0.05, 0) is 40.2 Å². The van der Waals surface area contributed by atoms with Crippen molar-refractivity contribution in [2.75, 3.05) is 12.4 Å². The molecule has 1 N–H and O–H groups in total. The first-order valence-corrected chi connectivity index (χ1v) is 6.89. The Bertz CT molecular complexity index is 710. The minimum atomic E-state index is -1.21. The summed E-state index contributed by atoms with van der Waals surface area (Å²) in [6.07, 6.45) is 0. The van der Waals surface area contributed by atoms with E-state index in [0.717, 1.165) is 6.07 Å². The number of carbonyl (C=O) groups excluding carboxylic acids is 1. The Morgan fingerprint density at radius 2 is 2.05 bits per heavy atom. The number of nitrogens with one attached hydrogen (secondary N) is 1. The maximum absolute atomic E-state index is 13.6. The highest BCUT2D eigenvalue weighted by molar-refractivity contribution is 9.10. The van der Waals surface area contributed by atoms with Crippen LogP contribution in [-0.2, 0) is 0 Å². The van der Waals surface area contributed by atoms with E-state index in [4.69, 9.17) is 16.3 Å². The van der Waals surface area contributed by atoms with Crippen LogP contribution < -0.4 is 10.1 Å². The maximum Gasteiger partial charge on any atom is 0.258 e. The molecule has 3 nitrogen and oxygen atoms in total. The predicted molar refractivity (Wildman–Crippen MR) is 80.0 cm³/mol. The van der Waals surface area contributed by atoms with Gasteiger partial charge in [0.2, 0.25) is 0 Å². The van der Waals surface area contributed by atoms with E-state index in [-0.39, 0.29) is 5.69 Å². The SMILES string of the molecule is COc1c(Br)cc(Cl)cc1NC(=O)c1cccc(F)c1F. The highest BCUT2D eigenvalue weighted by atomic mass is 79.9. The molecule has 1 amide bonds. The van der Waals surface area contributed by atoms with E-state index in [1.165, 1.54) is 25.3 Å². The molecular formula is C14H9BrClF2NO2. The molecule has 0 atom stereocenters. The van der Waals surface area contributed by atoms with Crippen molar-refractivity contribution in [2.45, 2.75) is 0 Å². The fraction of sp³-hybridized carbons (Fsp3) is 0.0714. The summed E-state index contributed by atoms with van der Waals surface area (Å²) in [4.78, 5) is 12.0. The highest BCUT2D eigenvalue weighted by Crippen LogP contribution is 2.36. The van der Waals surface area contributed by atoms with Gasteiger partial charge in [0.05, 0.1) is 22.8 Å². The van der Waals surface area contributed by atoms with Gasteiger partial charge in [-0.3, -0.25) is 4.79 Å². The zero-order valence-electron chi connectivity index (χ0n) is 10.7. The van der Waals surface area contributed by atoms with E-state index in [2.05, 4.69) is 21.2 Å². The van der Waals surface area contributed by atoms with Crippen molar-refractivity contribution < 1.29 is 18.3 Å². The molecule has 0 bridgehead atoms. The molecule has 2 aromatic rings. The zero-order valence-corrected chi connectivity index (χ0v) is 13.1. The van der Waals surface area contributed by atoms with Crippen LogP contribution >= 0.6 is 27.5 Å². The van der Waals surface area contributed by atoms with Crippen molar-refractivity contribution in [2.24, 2.45) is 0 Å². The van der Waals surface area contributed by atoms with Crippen molar-refractivity contribution in [3.63, 3.8) is 0 Å². The molecule has 0 spiro atoms.